The molecule has 0 radical (unpaired) electrons. The molecule has 0 saturated carbocycles. The average Bonchev–Trinajstić information content (AvgIpc) is 3.23. The summed E-state index contributed by atoms with van der Waals surface area (Å²) in [5.74, 6) is -0.896. The van der Waals surface area contributed by atoms with E-state index in [1.807, 2.05) is 30.6 Å². The highest BCUT2D eigenvalue weighted by Gasteiger charge is 2.31. The van der Waals surface area contributed by atoms with Crippen LogP contribution in [0.25, 0.3) is 11.8 Å². The van der Waals surface area contributed by atoms with E-state index >= 15 is 0 Å². The number of amidine groups is 1. The van der Waals surface area contributed by atoms with Gasteiger partial charge in [0.15, 0.2) is 5.17 Å². The predicted molar refractivity (Wildman–Crippen MR) is 128 cm³/mol. The number of hydrogen-bond acceptors (Lipinski definition) is 5. The first kappa shape index (κ1) is 22.5. The van der Waals surface area contributed by atoms with E-state index in [-0.39, 0.29) is 11.7 Å². The van der Waals surface area contributed by atoms with Gasteiger partial charge in [0.2, 0.25) is 0 Å². The number of amides is 1. The van der Waals surface area contributed by atoms with Gasteiger partial charge in [-0.15, -0.1) is 0 Å². The number of rotatable bonds is 4. The van der Waals surface area contributed by atoms with Crippen molar-refractivity contribution in [3.8, 4) is 5.69 Å². The minimum atomic E-state index is -0.421. The van der Waals surface area contributed by atoms with Gasteiger partial charge < -0.3 is 9.30 Å². The maximum Gasteiger partial charge on any atom is 0.337 e. The molecule has 1 aliphatic heterocycles. The van der Waals surface area contributed by atoms with Crippen molar-refractivity contribution in [2.75, 3.05) is 14.2 Å². The first-order valence-corrected chi connectivity index (χ1v) is 11.0. The third-order valence-electron chi connectivity index (χ3n) is 5.37. The van der Waals surface area contributed by atoms with E-state index in [4.69, 9.17) is 4.74 Å². The largest absolute Gasteiger partial charge is 0.465 e. The molecule has 1 saturated heterocycles. The van der Waals surface area contributed by atoms with Crippen LogP contribution >= 0.6 is 11.8 Å². The number of halogens is 1. The fraction of sp³-hybridized carbons (Fsp3) is 0.160. The molecule has 1 aliphatic rings. The van der Waals surface area contributed by atoms with Gasteiger partial charge >= 0.3 is 5.97 Å². The van der Waals surface area contributed by atoms with Crippen LogP contribution in [0, 0.1) is 19.7 Å². The van der Waals surface area contributed by atoms with Crippen molar-refractivity contribution in [3.63, 3.8) is 0 Å². The number of carbonyl (C=O) groups is 2. The van der Waals surface area contributed by atoms with E-state index in [1.54, 1.807) is 49.5 Å². The average molecular weight is 464 g/mol. The third-order valence-corrected chi connectivity index (χ3v) is 6.43. The Morgan fingerprint density at radius 1 is 1.12 bits per heavy atom. The van der Waals surface area contributed by atoms with Gasteiger partial charge in [-0.1, -0.05) is 12.1 Å². The van der Waals surface area contributed by atoms with Gasteiger partial charge in [0.05, 0.1) is 29.0 Å². The lowest BCUT2D eigenvalue weighted by atomic mass is 10.2. The van der Waals surface area contributed by atoms with Crippen molar-refractivity contribution < 1.29 is 18.7 Å². The lowest BCUT2D eigenvalue weighted by molar-refractivity contribution is -0.121. The van der Waals surface area contributed by atoms with Crippen molar-refractivity contribution in [1.82, 2.24) is 9.47 Å². The second kappa shape index (κ2) is 9.07. The van der Waals surface area contributed by atoms with E-state index in [2.05, 4.69) is 4.99 Å². The number of hydrogen-bond donors (Lipinski definition) is 0. The minimum Gasteiger partial charge on any atom is -0.465 e. The SMILES string of the molecule is COC(=O)c1ccc(N=C2S/C(=C/c3cc(C)n(-c4ccccc4F)c3C)C(=O)N2C)cc1. The van der Waals surface area contributed by atoms with E-state index in [0.717, 1.165) is 17.0 Å². The molecule has 0 aliphatic carbocycles. The number of thioether (sulfide) groups is 1. The molecule has 1 amide bonds. The molecule has 0 spiro atoms. The number of likely N-dealkylation sites (N-methyl/N-ethyl adjacent to an activating group) is 1. The lowest BCUT2D eigenvalue weighted by Gasteiger charge is -2.10. The molecule has 168 valence electrons. The summed E-state index contributed by atoms with van der Waals surface area (Å²) in [5, 5.41) is 0.528. The zero-order chi connectivity index (χ0) is 23.7. The summed E-state index contributed by atoms with van der Waals surface area (Å²) in [6, 6.07) is 15.2. The maximum atomic E-state index is 14.4. The summed E-state index contributed by atoms with van der Waals surface area (Å²) < 4.78 is 20.9. The molecule has 3 aromatic rings. The minimum absolute atomic E-state index is 0.166. The number of para-hydroxylation sites is 1. The molecule has 1 aromatic heterocycles. The van der Waals surface area contributed by atoms with Crippen LogP contribution in [0.15, 0.2) is 64.5 Å². The molecular weight excluding hydrogens is 441 g/mol. The number of esters is 1. The number of aryl methyl sites for hydroxylation is 1. The first-order valence-electron chi connectivity index (χ1n) is 10.2. The number of benzene rings is 2. The van der Waals surface area contributed by atoms with Crippen LogP contribution in [0.4, 0.5) is 10.1 Å². The molecule has 4 rings (SSSR count). The summed E-state index contributed by atoms with van der Waals surface area (Å²) >= 11 is 1.27. The Hall–Kier alpha value is -3.65. The Labute approximate surface area is 195 Å². The molecule has 2 aromatic carbocycles. The van der Waals surface area contributed by atoms with Crippen LogP contribution in [0.2, 0.25) is 0 Å². The van der Waals surface area contributed by atoms with Crippen LogP contribution < -0.4 is 0 Å². The maximum absolute atomic E-state index is 14.4. The summed E-state index contributed by atoms with van der Waals surface area (Å²) in [4.78, 5) is 31.0. The van der Waals surface area contributed by atoms with Gasteiger partial charge in [-0.05, 0) is 79.7 Å². The van der Waals surface area contributed by atoms with Crippen molar-refractivity contribution in [2.24, 2.45) is 4.99 Å². The Bertz CT molecular complexity index is 1310. The Kier molecular flexibility index (Phi) is 6.20. The quantitative estimate of drug-likeness (QED) is 0.391. The second-order valence-electron chi connectivity index (χ2n) is 7.52. The summed E-state index contributed by atoms with van der Waals surface area (Å²) in [7, 11) is 2.99. The number of nitrogens with zero attached hydrogens (tertiary/aromatic N) is 3. The molecule has 0 atom stereocenters. The van der Waals surface area contributed by atoms with Crippen LogP contribution in [-0.2, 0) is 9.53 Å². The Balaban J connectivity index is 1.64. The van der Waals surface area contributed by atoms with Crippen LogP contribution in [0.5, 0.6) is 0 Å². The number of carbonyl (C=O) groups excluding carboxylic acids is 2. The van der Waals surface area contributed by atoms with E-state index in [1.165, 1.54) is 29.8 Å². The fourth-order valence-electron chi connectivity index (χ4n) is 3.63. The summed E-state index contributed by atoms with van der Waals surface area (Å²) in [6.07, 6.45) is 1.81. The molecule has 33 heavy (non-hydrogen) atoms. The number of ether oxygens (including phenoxy) is 1. The highest BCUT2D eigenvalue weighted by molar-refractivity contribution is 8.18. The van der Waals surface area contributed by atoms with E-state index < -0.39 is 5.97 Å². The molecule has 6 nitrogen and oxygen atoms in total. The predicted octanol–water partition coefficient (Wildman–Crippen LogP) is 5.25. The second-order valence-corrected chi connectivity index (χ2v) is 8.53. The zero-order valence-corrected chi connectivity index (χ0v) is 19.4. The number of aromatic nitrogens is 1. The summed E-state index contributed by atoms with van der Waals surface area (Å²) in [5.41, 5.74) is 4.05. The molecule has 2 heterocycles. The van der Waals surface area contributed by atoms with Gasteiger partial charge in [0, 0.05) is 18.4 Å². The van der Waals surface area contributed by atoms with Crippen LogP contribution in [-0.4, -0.2) is 40.7 Å². The standard InChI is InChI=1S/C25H22FN3O3S/c1-15-13-18(16(2)29(15)21-8-6-5-7-20(21)26)14-22-23(30)28(3)25(33-22)27-19-11-9-17(10-12-19)24(31)32-4/h5-14H,1-4H3/b22-14+,27-25?. The fourth-order valence-corrected chi connectivity index (χ4v) is 4.61. The van der Waals surface area contributed by atoms with Crippen LogP contribution in [0.3, 0.4) is 0 Å². The van der Waals surface area contributed by atoms with Crippen molar-refractivity contribution in [2.45, 2.75) is 13.8 Å². The molecule has 0 unspecified atom stereocenters. The van der Waals surface area contributed by atoms with Crippen molar-refractivity contribution in [1.29, 1.82) is 0 Å². The first-order chi connectivity index (χ1) is 15.8. The zero-order valence-electron chi connectivity index (χ0n) is 18.6. The Morgan fingerprint density at radius 2 is 1.82 bits per heavy atom. The monoisotopic (exact) mass is 463 g/mol. The molecule has 0 bridgehead atoms. The van der Waals surface area contributed by atoms with E-state index in [0.29, 0.717) is 27.0 Å². The summed E-state index contributed by atoms with van der Waals surface area (Å²) in [6.45, 7) is 3.81. The third kappa shape index (κ3) is 4.34. The number of methoxy groups -OCH3 is 1. The van der Waals surface area contributed by atoms with Gasteiger partial charge in [0.1, 0.15) is 5.82 Å². The van der Waals surface area contributed by atoms with Crippen LogP contribution in [0.1, 0.15) is 27.3 Å². The topological polar surface area (TPSA) is 63.9 Å². The molecular formula is C25H22FN3O3S. The molecule has 8 heteroatoms. The van der Waals surface area contributed by atoms with Crippen molar-refractivity contribution in [3.05, 3.63) is 87.8 Å². The normalized spacial score (nSPS) is 16.2. The molecule has 1 fully saturated rings. The van der Waals surface area contributed by atoms with Gasteiger partial charge in [0.25, 0.3) is 5.91 Å². The van der Waals surface area contributed by atoms with E-state index in [9.17, 15) is 14.0 Å². The van der Waals surface area contributed by atoms with Crippen molar-refractivity contribution >= 4 is 40.6 Å². The highest BCUT2D eigenvalue weighted by Crippen LogP contribution is 2.34. The Morgan fingerprint density at radius 3 is 2.48 bits per heavy atom. The molecule has 0 N–H and O–H groups in total. The van der Waals surface area contributed by atoms with Gasteiger partial charge in [-0.25, -0.2) is 14.2 Å². The smallest absolute Gasteiger partial charge is 0.337 e. The highest BCUT2D eigenvalue weighted by atomic mass is 32.2. The lowest BCUT2D eigenvalue weighted by Crippen LogP contribution is -2.23. The van der Waals surface area contributed by atoms with Gasteiger partial charge in [-0.3, -0.25) is 9.69 Å². The van der Waals surface area contributed by atoms with Gasteiger partial charge in [-0.2, -0.15) is 0 Å². The number of aliphatic imine (C=N–C) groups is 1.